The fraction of sp³-hybridized carbons (Fsp3) is 0.357. The molecule has 7 heteroatoms. The maximum Gasteiger partial charge on any atom is 0.335 e. The molecule has 0 bridgehead atoms. The van der Waals surface area contributed by atoms with E-state index in [-0.39, 0.29) is 5.56 Å². The van der Waals surface area contributed by atoms with E-state index >= 15 is 0 Å². The van der Waals surface area contributed by atoms with Crippen LogP contribution in [0.3, 0.4) is 0 Å². The SMILES string of the molecule is CCn1c(C)nnc1SCCOc1cccc(C(=O)O)c1. The van der Waals surface area contributed by atoms with Crippen molar-refractivity contribution < 1.29 is 14.6 Å². The van der Waals surface area contributed by atoms with Gasteiger partial charge in [0.25, 0.3) is 0 Å². The molecule has 1 aromatic carbocycles. The smallest absolute Gasteiger partial charge is 0.335 e. The van der Waals surface area contributed by atoms with Crippen molar-refractivity contribution in [2.24, 2.45) is 0 Å². The molecular formula is C14H17N3O3S. The molecule has 0 saturated heterocycles. The second-order valence-electron chi connectivity index (χ2n) is 4.30. The van der Waals surface area contributed by atoms with Crippen LogP contribution in [0.25, 0.3) is 0 Å². The van der Waals surface area contributed by atoms with E-state index in [2.05, 4.69) is 10.2 Å². The van der Waals surface area contributed by atoms with E-state index in [9.17, 15) is 4.79 Å². The lowest BCUT2D eigenvalue weighted by Crippen LogP contribution is -2.04. The van der Waals surface area contributed by atoms with Gasteiger partial charge in [-0.1, -0.05) is 17.8 Å². The van der Waals surface area contributed by atoms with Gasteiger partial charge in [-0.2, -0.15) is 0 Å². The van der Waals surface area contributed by atoms with Crippen molar-refractivity contribution in [3.8, 4) is 5.75 Å². The summed E-state index contributed by atoms with van der Waals surface area (Å²) in [6.07, 6.45) is 0. The number of hydrogen-bond acceptors (Lipinski definition) is 5. The van der Waals surface area contributed by atoms with Crippen LogP contribution in [-0.2, 0) is 6.54 Å². The molecular weight excluding hydrogens is 290 g/mol. The van der Waals surface area contributed by atoms with Crippen LogP contribution < -0.4 is 4.74 Å². The van der Waals surface area contributed by atoms with E-state index in [4.69, 9.17) is 9.84 Å². The first-order chi connectivity index (χ1) is 10.1. The minimum atomic E-state index is -0.957. The van der Waals surface area contributed by atoms with Crippen molar-refractivity contribution in [1.29, 1.82) is 0 Å². The van der Waals surface area contributed by atoms with Crippen molar-refractivity contribution in [2.75, 3.05) is 12.4 Å². The van der Waals surface area contributed by atoms with Crippen molar-refractivity contribution in [3.63, 3.8) is 0 Å². The van der Waals surface area contributed by atoms with Gasteiger partial charge in [0.05, 0.1) is 12.2 Å². The second-order valence-corrected chi connectivity index (χ2v) is 5.37. The predicted octanol–water partition coefficient (Wildman–Crippen LogP) is 2.48. The Kier molecular flexibility index (Phi) is 5.21. The van der Waals surface area contributed by atoms with Crippen LogP contribution in [0.1, 0.15) is 23.1 Å². The van der Waals surface area contributed by atoms with Gasteiger partial charge in [0.2, 0.25) is 0 Å². The minimum absolute atomic E-state index is 0.224. The Hall–Kier alpha value is -2.02. The number of nitrogens with zero attached hydrogens (tertiary/aromatic N) is 3. The fourth-order valence-electron chi connectivity index (χ4n) is 1.84. The number of benzene rings is 1. The lowest BCUT2D eigenvalue weighted by molar-refractivity contribution is 0.0696. The summed E-state index contributed by atoms with van der Waals surface area (Å²) < 4.78 is 7.59. The normalized spacial score (nSPS) is 10.6. The van der Waals surface area contributed by atoms with Crippen molar-refractivity contribution in [2.45, 2.75) is 25.5 Å². The highest BCUT2D eigenvalue weighted by Crippen LogP contribution is 2.18. The quantitative estimate of drug-likeness (QED) is 0.625. The van der Waals surface area contributed by atoms with Gasteiger partial charge in [-0.05, 0) is 32.0 Å². The minimum Gasteiger partial charge on any atom is -0.493 e. The molecule has 0 saturated carbocycles. The molecule has 1 N–H and O–H groups in total. The Morgan fingerprint density at radius 2 is 2.24 bits per heavy atom. The fourth-order valence-corrected chi connectivity index (χ4v) is 2.71. The van der Waals surface area contributed by atoms with Gasteiger partial charge in [-0.3, -0.25) is 0 Å². The third-order valence-electron chi connectivity index (χ3n) is 2.88. The van der Waals surface area contributed by atoms with Crippen LogP contribution in [-0.4, -0.2) is 38.2 Å². The summed E-state index contributed by atoms with van der Waals surface area (Å²) in [6.45, 7) is 5.29. The summed E-state index contributed by atoms with van der Waals surface area (Å²) in [5.41, 5.74) is 0.224. The topological polar surface area (TPSA) is 77.2 Å². The lowest BCUT2D eigenvalue weighted by atomic mass is 10.2. The summed E-state index contributed by atoms with van der Waals surface area (Å²) in [6, 6.07) is 6.47. The van der Waals surface area contributed by atoms with Crippen molar-refractivity contribution in [3.05, 3.63) is 35.7 Å². The first-order valence-electron chi connectivity index (χ1n) is 6.60. The second kappa shape index (κ2) is 7.12. The monoisotopic (exact) mass is 307 g/mol. The number of thioether (sulfide) groups is 1. The molecule has 0 amide bonds. The van der Waals surface area contributed by atoms with Gasteiger partial charge in [0.1, 0.15) is 11.6 Å². The number of hydrogen-bond donors (Lipinski definition) is 1. The number of carboxylic acid groups (broad SMARTS) is 1. The van der Waals surface area contributed by atoms with Gasteiger partial charge in [0, 0.05) is 12.3 Å². The molecule has 0 radical (unpaired) electrons. The van der Waals surface area contributed by atoms with Gasteiger partial charge in [0.15, 0.2) is 5.16 Å². The van der Waals surface area contributed by atoms with Crippen LogP contribution in [0, 0.1) is 6.92 Å². The van der Waals surface area contributed by atoms with Crippen molar-refractivity contribution in [1.82, 2.24) is 14.8 Å². The van der Waals surface area contributed by atoms with Crippen LogP contribution in [0.5, 0.6) is 5.75 Å². The maximum atomic E-state index is 10.9. The van der Waals surface area contributed by atoms with Crippen LogP contribution in [0.4, 0.5) is 0 Å². The molecule has 1 aromatic heterocycles. The summed E-state index contributed by atoms with van der Waals surface area (Å²) >= 11 is 1.57. The number of aromatic carboxylic acids is 1. The highest BCUT2D eigenvalue weighted by Gasteiger charge is 2.08. The van der Waals surface area contributed by atoms with E-state index in [1.54, 1.807) is 23.9 Å². The molecule has 0 spiro atoms. The number of carbonyl (C=O) groups is 1. The Morgan fingerprint density at radius 1 is 1.43 bits per heavy atom. The Morgan fingerprint density at radius 3 is 2.95 bits per heavy atom. The summed E-state index contributed by atoms with van der Waals surface area (Å²) in [5.74, 6) is 1.22. The molecule has 0 atom stereocenters. The molecule has 6 nitrogen and oxygen atoms in total. The summed E-state index contributed by atoms with van der Waals surface area (Å²) in [4.78, 5) is 10.9. The average Bonchev–Trinajstić information content (AvgIpc) is 2.84. The number of ether oxygens (including phenoxy) is 1. The largest absolute Gasteiger partial charge is 0.493 e. The number of rotatable bonds is 7. The van der Waals surface area contributed by atoms with Gasteiger partial charge in [-0.25, -0.2) is 4.79 Å². The Bertz CT molecular complexity index is 628. The standard InChI is InChI=1S/C14H17N3O3S/c1-3-17-10(2)15-16-14(17)21-8-7-20-12-6-4-5-11(9-12)13(18)19/h4-6,9H,3,7-8H2,1-2H3,(H,18,19). The summed E-state index contributed by atoms with van der Waals surface area (Å²) in [7, 11) is 0. The van der Waals surface area contributed by atoms with Crippen LogP contribution in [0.2, 0.25) is 0 Å². The average molecular weight is 307 g/mol. The molecule has 0 aliphatic rings. The molecule has 112 valence electrons. The Labute approximate surface area is 127 Å². The first kappa shape index (κ1) is 15.4. The summed E-state index contributed by atoms with van der Waals surface area (Å²) in [5, 5.41) is 17.9. The number of aryl methyl sites for hydroxylation is 1. The number of aromatic nitrogens is 3. The number of carboxylic acids is 1. The zero-order valence-corrected chi connectivity index (χ0v) is 12.8. The van der Waals surface area contributed by atoms with Gasteiger partial charge >= 0.3 is 5.97 Å². The van der Waals surface area contributed by atoms with E-state index in [0.29, 0.717) is 12.4 Å². The molecule has 21 heavy (non-hydrogen) atoms. The van der Waals surface area contributed by atoms with Crippen LogP contribution in [0.15, 0.2) is 29.4 Å². The molecule has 2 rings (SSSR count). The molecule has 0 unspecified atom stereocenters. The first-order valence-corrected chi connectivity index (χ1v) is 7.59. The third-order valence-corrected chi connectivity index (χ3v) is 3.81. The molecule has 0 aliphatic heterocycles. The van der Waals surface area contributed by atoms with E-state index < -0.39 is 5.97 Å². The highest BCUT2D eigenvalue weighted by atomic mass is 32.2. The predicted molar refractivity (Wildman–Crippen MR) is 80.1 cm³/mol. The zero-order valence-electron chi connectivity index (χ0n) is 11.9. The van der Waals surface area contributed by atoms with E-state index in [1.165, 1.54) is 12.1 Å². The van der Waals surface area contributed by atoms with Gasteiger partial charge in [-0.15, -0.1) is 10.2 Å². The highest BCUT2D eigenvalue weighted by molar-refractivity contribution is 7.99. The van der Waals surface area contributed by atoms with E-state index in [0.717, 1.165) is 23.3 Å². The van der Waals surface area contributed by atoms with Gasteiger partial charge < -0.3 is 14.4 Å². The van der Waals surface area contributed by atoms with Crippen LogP contribution >= 0.6 is 11.8 Å². The Balaban J connectivity index is 1.84. The molecule has 0 fully saturated rings. The maximum absolute atomic E-state index is 10.9. The lowest BCUT2D eigenvalue weighted by Gasteiger charge is -2.07. The molecule has 2 aromatic rings. The molecule has 1 heterocycles. The third kappa shape index (κ3) is 3.98. The molecule has 0 aliphatic carbocycles. The van der Waals surface area contributed by atoms with Crippen molar-refractivity contribution >= 4 is 17.7 Å². The zero-order chi connectivity index (χ0) is 15.2. The van der Waals surface area contributed by atoms with E-state index in [1.807, 2.05) is 18.4 Å².